The number of thioether (sulfide) groups is 1. The lowest BCUT2D eigenvalue weighted by Crippen LogP contribution is -2.20. The number of anilines is 1. The molecule has 6 heteroatoms. The van der Waals surface area contributed by atoms with Crippen LogP contribution in [0.5, 0.6) is 0 Å². The van der Waals surface area contributed by atoms with Gasteiger partial charge in [0.1, 0.15) is 16.7 Å². The number of hydrogen-bond donors (Lipinski definition) is 0. The van der Waals surface area contributed by atoms with Gasteiger partial charge in [0.05, 0.1) is 11.3 Å². The zero-order valence-electron chi connectivity index (χ0n) is 16.1. The van der Waals surface area contributed by atoms with Crippen LogP contribution in [0.15, 0.2) is 58.0 Å². The van der Waals surface area contributed by atoms with Crippen LogP contribution in [0, 0.1) is 11.3 Å². The Labute approximate surface area is 174 Å². The van der Waals surface area contributed by atoms with Crippen molar-refractivity contribution >= 4 is 29.2 Å². The lowest BCUT2D eigenvalue weighted by Gasteiger charge is -2.16. The van der Waals surface area contributed by atoms with E-state index in [1.807, 2.05) is 54.4 Å². The first kappa shape index (κ1) is 19.3. The summed E-state index contributed by atoms with van der Waals surface area (Å²) in [6.45, 7) is -0.451. The molecule has 0 bridgehead atoms. The Bertz CT molecular complexity index is 1070. The zero-order valence-corrected chi connectivity index (χ0v) is 16.9. The third-order valence-electron chi connectivity index (χ3n) is 5.26. The average molecular weight is 404 g/mol. The predicted octanol–water partition coefficient (Wildman–Crippen LogP) is 4.27. The van der Waals surface area contributed by atoms with Crippen LogP contribution in [0.4, 0.5) is 5.69 Å². The number of nitrogens with zero attached hydrogens (tertiary/aromatic N) is 2. The number of nitriles is 1. The molecule has 1 aliphatic heterocycles. The van der Waals surface area contributed by atoms with Gasteiger partial charge in [-0.15, -0.1) is 0 Å². The SMILES string of the molecule is CN1/C(=C(\C#N)C(=O)COC(=O)c2ccc3c(c2)CCCC3)Sc2ccccc21. The van der Waals surface area contributed by atoms with Gasteiger partial charge < -0.3 is 9.64 Å². The van der Waals surface area contributed by atoms with Gasteiger partial charge in [-0.2, -0.15) is 5.26 Å². The number of carbonyl (C=O) groups is 2. The van der Waals surface area contributed by atoms with E-state index in [1.54, 1.807) is 6.07 Å². The Morgan fingerprint density at radius 3 is 2.66 bits per heavy atom. The monoisotopic (exact) mass is 404 g/mol. The second kappa shape index (κ2) is 8.14. The number of hydrogen-bond acceptors (Lipinski definition) is 6. The molecular formula is C23H20N2O3S. The summed E-state index contributed by atoms with van der Waals surface area (Å²) in [5, 5.41) is 10.1. The van der Waals surface area contributed by atoms with Gasteiger partial charge in [0.15, 0.2) is 6.61 Å². The molecule has 0 radical (unpaired) electrons. The van der Waals surface area contributed by atoms with Crippen molar-refractivity contribution < 1.29 is 14.3 Å². The fraction of sp³-hybridized carbons (Fsp3) is 0.261. The Hall–Kier alpha value is -3.04. The van der Waals surface area contributed by atoms with E-state index >= 15 is 0 Å². The minimum Gasteiger partial charge on any atom is -0.454 e. The summed E-state index contributed by atoms with van der Waals surface area (Å²) < 4.78 is 5.23. The largest absolute Gasteiger partial charge is 0.454 e. The number of Topliss-reactive ketones (excluding diaryl/α,β-unsaturated/α-hetero) is 1. The highest BCUT2D eigenvalue weighted by atomic mass is 32.2. The Morgan fingerprint density at radius 1 is 1.14 bits per heavy atom. The molecule has 4 rings (SSSR count). The molecule has 2 aliphatic rings. The van der Waals surface area contributed by atoms with E-state index in [0.717, 1.165) is 29.8 Å². The summed E-state index contributed by atoms with van der Waals surface area (Å²) in [7, 11) is 1.82. The van der Waals surface area contributed by atoms with E-state index < -0.39 is 18.4 Å². The lowest BCUT2D eigenvalue weighted by atomic mass is 9.90. The molecule has 5 nitrogen and oxygen atoms in total. The maximum Gasteiger partial charge on any atom is 0.338 e. The van der Waals surface area contributed by atoms with Crippen molar-refractivity contribution in [3.63, 3.8) is 0 Å². The molecule has 0 N–H and O–H groups in total. The van der Waals surface area contributed by atoms with Gasteiger partial charge in [-0.3, -0.25) is 4.79 Å². The van der Waals surface area contributed by atoms with Crippen molar-refractivity contribution in [2.24, 2.45) is 0 Å². The van der Waals surface area contributed by atoms with Crippen molar-refractivity contribution in [2.75, 3.05) is 18.6 Å². The van der Waals surface area contributed by atoms with Gasteiger partial charge in [0.2, 0.25) is 5.78 Å². The maximum atomic E-state index is 12.6. The van der Waals surface area contributed by atoms with Crippen LogP contribution in [-0.4, -0.2) is 25.4 Å². The molecule has 0 fully saturated rings. The Balaban J connectivity index is 1.46. The quantitative estimate of drug-likeness (QED) is 0.431. The molecule has 0 saturated heterocycles. The molecule has 1 aliphatic carbocycles. The molecule has 0 spiro atoms. The Kier molecular flexibility index (Phi) is 5.41. The van der Waals surface area contributed by atoms with E-state index in [4.69, 9.17) is 4.74 Å². The zero-order chi connectivity index (χ0) is 20.4. The number of aryl methyl sites for hydroxylation is 2. The van der Waals surface area contributed by atoms with Gasteiger partial charge in [0, 0.05) is 11.9 Å². The standard InChI is InChI=1S/C23H20N2O3S/c1-25-19-8-4-5-9-21(19)29-22(25)18(13-24)20(26)14-28-23(27)17-11-10-15-6-2-3-7-16(15)12-17/h4-5,8-12H,2-3,6-7,14H2,1H3/b22-18-. The highest BCUT2D eigenvalue weighted by molar-refractivity contribution is 8.03. The molecule has 0 saturated carbocycles. The van der Waals surface area contributed by atoms with Crippen molar-refractivity contribution in [3.05, 3.63) is 69.8 Å². The van der Waals surface area contributed by atoms with Gasteiger partial charge in [-0.1, -0.05) is 30.0 Å². The second-order valence-corrected chi connectivity index (χ2v) is 8.14. The minimum atomic E-state index is -0.537. The van der Waals surface area contributed by atoms with Crippen LogP contribution in [-0.2, 0) is 22.4 Å². The predicted molar refractivity (Wildman–Crippen MR) is 112 cm³/mol. The van der Waals surface area contributed by atoms with Gasteiger partial charge in [-0.05, 0) is 61.1 Å². The number of ether oxygens (including phenoxy) is 1. The number of para-hydroxylation sites is 1. The highest BCUT2D eigenvalue weighted by Crippen LogP contribution is 2.46. The molecule has 0 aromatic heterocycles. The fourth-order valence-electron chi connectivity index (χ4n) is 3.70. The van der Waals surface area contributed by atoms with Crippen LogP contribution in [0.3, 0.4) is 0 Å². The van der Waals surface area contributed by atoms with Gasteiger partial charge in [-0.25, -0.2) is 4.79 Å². The molecular weight excluding hydrogens is 384 g/mol. The molecule has 146 valence electrons. The minimum absolute atomic E-state index is 0.00643. The van der Waals surface area contributed by atoms with Crippen LogP contribution >= 0.6 is 11.8 Å². The van der Waals surface area contributed by atoms with E-state index in [9.17, 15) is 14.9 Å². The van der Waals surface area contributed by atoms with Crippen molar-refractivity contribution in [2.45, 2.75) is 30.6 Å². The molecule has 0 unspecified atom stereocenters. The highest BCUT2D eigenvalue weighted by Gasteiger charge is 2.28. The smallest absolute Gasteiger partial charge is 0.338 e. The summed E-state index contributed by atoms with van der Waals surface area (Å²) >= 11 is 1.37. The fourth-order valence-corrected chi connectivity index (χ4v) is 4.86. The number of esters is 1. The summed E-state index contributed by atoms with van der Waals surface area (Å²) in [6.07, 6.45) is 4.30. The number of fused-ring (bicyclic) bond motifs is 2. The topological polar surface area (TPSA) is 70.4 Å². The third kappa shape index (κ3) is 3.79. The molecule has 0 amide bonds. The van der Waals surface area contributed by atoms with Gasteiger partial charge in [0.25, 0.3) is 0 Å². The van der Waals surface area contributed by atoms with Crippen molar-refractivity contribution in [3.8, 4) is 6.07 Å². The second-order valence-electron chi connectivity index (χ2n) is 7.11. The number of carbonyl (C=O) groups excluding carboxylic acids is 2. The molecule has 29 heavy (non-hydrogen) atoms. The van der Waals surface area contributed by atoms with Crippen LogP contribution < -0.4 is 4.90 Å². The summed E-state index contributed by atoms with van der Waals surface area (Å²) in [5.41, 5.74) is 3.86. The van der Waals surface area contributed by atoms with Crippen molar-refractivity contribution in [1.29, 1.82) is 5.26 Å². The van der Waals surface area contributed by atoms with E-state index in [-0.39, 0.29) is 5.57 Å². The maximum absolute atomic E-state index is 12.6. The Morgan fingerprint density at radius 2 is 1.90 bits per heavy atom. The molecule has 2 aromatic carbocycles. The van der Waals surface area contributed by atoms with Crippen molar-refractivity contribution in [1.82, 2.24) is 0 Å². The first-order chi connectivity index (χ1) is 14.1. The summed E-state index contributed by atoms with van der Waals surface area (Å²) in [6, 6.07) is 15.3. The van der Waals surface area contributed by atoms with E-state index in [1.165, 1.54) is 29.3 Å². The van der Waals surface area contributed by atoms with Gasteiger partial charge >= 0.3 is 5.97 Å². The van der Waals surface area contributed by atoms with E-state index in [2.05, 4.69) is 0 Å². The third-order valence-corrected chi connectivity index (χ3v) is 6.50. The molecule has 1 heterocycles. The summed E-state index contributed by atoms with van der Waals surface area (Å²) in [5.74, 6) is -1.04. The first-order valence-electron chi connectivity index (χ1n) is 9.55. The molecule has 2 aromatic rings. The number of ketones is 1. The van der Waals surface area contributed by atoms with Crippen LogP contribution in [0.1, 0.15) is 34.3 Å². The normalized spacial score (nSPS) is 16.5. The number of rotatable bonds is 4. The summed E-state index contributed by atoms with van der Waals surface area (Å²) in [4.78, 5) is 27.9. The number of benzene rings is 2. The lowest BCUT2D eigenvalue weighted by molar-refractivity contribution is -0.118. The van der Waals surface area contributed by atoms with Crippen LogP contribution in [0.2, 0.25) is 0 Å². The first-order valence-corrected chi connectivity index (χ1v) is 10.4. The molecule has 0 atom stereocenters. The van der Waals surface area contributed by atoms with Crippen LogP contribution in [0.25, 0.3) is 0 Å². The average Bonchev–Trinajstić information content (AvgIpc) is 3.08. The van der Waals surface area contributed by atoms with E-state index in [0.29, 0.717) is 10.6 Å².